The molecule has 0 fully saturated rings. The molecule has 4 nitrogen and oxygen atoms in total. The van der Waals surface area contributed by atoms with Gasteiger partial charge >= 0.3 is 0 Å². The summed E-state index contributed by atoms with van der Waals surface area (Å²) in [5.74, 6) is 1.64. The van der Waals surface area contributed by atoms with Gasteiger partial charge in [0.05, 0.1) is 7.11 Å². The number of thioether (sulfide) groups is 1. The molecule has 0 aliphatic carbocycles. The lowest BCUT2D eigenvalue weighted by molar-refractivity contribution is 0.414. The molecule has 1 aromatic heterocycles. The molecule has 0 amide bonds. The van der Waals surface area contributed by atoms with Gasteiger partial charge in [0.15, 0.2) is 0 Å². The number of rotatable bonds is 5. The Morgan fingerprint density at radius 3 is 2.45 bits per heavy atom. The number of hydrogen-bond donors (Lipinski definition) is 0. The van der Waals surface area contributed by atoms with Gasteiger partial charge in [-0.25, -0.2) is 4.39 Å². The number of aromatic nitrogens is 2. The van der Waals surface area contributed by atoms with Crippen LogP contribution in [0.3, 0.4) is 0 Å². The third kappa shape index (κ3) is 3.46. The second-order valence-corrected chi connectivity index (χ2v) is 5.44. The van der Waals surface area contributed by atoms with Crippen molar-refractivity contribution < 1.29 is 13.5 Å². The van der Waals surface area contributed by atoms with E-state index in [2.05, 4.69) is 10.2 Å². The van der Waals surface area contributed by atoms with Crippen molar-refractivity contribution in [3.8, 4) is 17.2 Å². The fourth-order valence-corrected chi connectivity index (χ4v) is 2.56. The van der Waals surface area contributed by atoms with Gasteiger partial charge in [-0.1, -0.05) is 23.9 Å². The van der Waals surface area contributed by atoms with Crippen LogP contribution >= 0.6 is 11.8 Å². The lowest BCUT2D eigenvalue weighted by Gasteiger charge is -1.99. The van der Waals surface area contributed by atoms with E-state index in [1.807, 2.05) is 24.3 Å². The predicted molar refractivity (Wildman–Crippen MR) is 82.2 cm³/mol. The molecule has 0 saturated heterocycles. The first-order valence-electron chi connectivity index (χ1n) is 6.60. The Morgan fingerprint density at radius 1 is 1.05 bits per heavy atom. The summed E-state index contributed by atoms with van der Waals surface area (Å²) in [6.45, 7) is 0. The van der Waals surface area contributed by atoms with E-state index in [-0.39, 0.29) is 5.82 Å². The molecule has 112 valence electrons. The third-order valence-electron chi connectivity index (χ3n) is 3.02. The Balaban J connectivity index is 1.66. The largest absolute Gasteiger partial charge is 0.497 e. The molecule has 2 aromatic carbocycles. The van der Waals surface area contributed by atoms with Gasteiger partial charge in [-0.3, -0.25) is 0 Å². The molecule has 0 saturated carbocycles. The monoisotopic (exact) mass is 316 g/mol. The topological polar surface area (TPSA) is 48.2 Å². The first-order chi connectivity index (χ1) is 10.7. The molecule has 22 heavy (non-hydrogen) atoms. The summed E-state index contributed by atoms with van der Waals surface area (Å²) in [5, 5.41) is 8.52. The molecular weight excluding hydrogens is 303 g/mol. The van der Waals surface area contributed by atoms with Gasteiger partial charge < -0.3 is 9.15 Å². The van der Waals surface area contributed by atoms with Crippen LogP contribution in [-0.4, -0.2) is 17.3 Å². The summed E-state index contributed by atoms with van der Waals surface area (Å²) in [6.07, 6.45) is 0. The molecule has 0 unspecified atom stereocenters. The highest BCUT2D eigenvalue weighted by Crippen LogP contribution is 2.26. The van der Waals surface area contributed by atoms with Crippen molar-refractivity contribution in [2.24, 2.45) is 0 Å². The van der Waals surface area contributed by atoms with Gasteiger partial charge in [-0.2, -0.15) is 0 Å². The van der Waals surface area contributed by atoms with Gasteiger partial charge in [-0.05, 0) is 42.0 Å². The van der Waals surface area contributed by atoms with Crippen molar-refractivity contribution in [1.29, 1.82) is 0 Å². The van der Waals surface area contributed by atoms with Crippen LogP contribution in [0.4, 0.5) is 4.39 Å². The fraction of sp³-hybridized carbons (Fsp3) is 0.125. The minimum atomic E-state index is -0.242. The van der Waals surface area contributed by atoms with Crippen LogP contribution < -0.4 is 4.74 Å². The van der Waals surface area contributed by atoms with Gasteiger partial charge in [0.2, 0.25) is 5.89 Å². The molecule has 0 radical (unpaired) electrons. The van der Waals surface area contributed by atoms with E-state index in [1.165, 1.54) is 23.9 Å². The highest BCUT2D eigenvalue weighted by Gasteiger charge is 2.09. The van der Waals surface area contributed by atoms with Crippen LogP contribution in [0.5, 0.6) is 5.75 Å². The number of benzene rings is 2. The van der Waals surface area contributed by atoms with Crippen LogP contribution in [0.1, 0.15) is 5.56 Å². The SMILES string of the molecule is COc1ccc(-c2nnc(SCc3ccc(F)cc3)o2)cc1. The molecule has 0 spiro atoms. The van der Waals surface area contributed by atoms with E-state index in [0.29, 0.717) is 16.9 Å². The van der Waals surface area contributed by atoms with Gasteiger partial charge in [0.25, 0.3) is 5.22 Å². The highest BCUT2D eigenvalue weighted by molar-refractivity contribution is 7.98. The summed E-state index contributed by atoms with van der Waals surface area (Å²) in [5.41, 5.74) is 1.83. The maximum absolute atomic E-state index is 12.8. The van der Waals surface area contributed by atoms with Crippen LogP contribution in [0.15, 0.2) is 58.2 Å². The number of methoxy groups -OCH3 is 1. The van der Waals surface area contributed by atoms with Crippen LogP contribution in [-0.2, 0) is 5.75 Å². The quantitative estimate of drug-likeness (QED) is 0.661. The van der Waals surface area contributed by atoms with Crippen molar-refractivity contribution in [3.63, 3.8) is 0 Å². The van der Waals surface area contributed by atoms with Crippen molar-refractivity contribution in [2.45, 2.75) is 11.0 Å². The maximum Gasteiger partial charge on any atom is 0.277 e. The Hall–Kier alpha value is -2.34. The fourth-order valence-electron chi connectivity index (χ4n) is 1.84. The first kappa shape index (κ1) is 14.6. The number of ether oxygens (including phenoxy) is 1. The lowest BCUT2D eigenvalue weighted by Crippen LogP contribution is -1.82. The normalized spacial score (nSPS) is 10.6. The predicted octanol–water partition coefficient (Wildman–Crippen LogP) is 4.18. The molecule has 6 heteroatoms. The van der Waals surface area contributed by atoms with Gasteiger partial charge in [-0.15, -0.1) is 10.2 Å². The zero-order chi connectivity index (χ0) is 15.4. The Kier molecular flexibility index (Phi) is 4.39. The van der Waals surface area contributed by atoms with Crippen LogP contribution in [0, 0.1) is 5.82 Å². The van der Waals surface area contributed by atoms with Crippen LogP contribution in [0.25, 0.3) is 11.5 Å². The Labute approximate surface area is 131 Å². The van der Waals surface area contributed by atoms with Crippen molar-refractivity contribution in [3.05, 3.63) is 59.9 Å². The molecule has 0 atom stereocenters. The zero-order valence-corrected chi connectivity index (χ0v) is 12.6. The molecule has 0 aliphatic heterocycles. The number of halogens is 1. The molecule has 1 heterocycles. The second kappa shape index (κ2) is 6.62. The van der Waals surface area contributed by atoms with E-state index in [9.17, 15) is 4.39 Å². The smallest absolute Gasteiger partial charge is 0.277 e. The molecule has 0 aliphatic rings. The van der Waals surface area contributed by atoms with E-state index >= 15 is 0 Å². The lowest BCUT2D eigenvalue weighted by atomic mass is 10.2. The summed E-state index contributed by atoms with van der Waals surface area (Å²) in [6, 6.07) is 13.8. The summed E-state index contributed by atoms with van der Waals surface area (Å²) >= 11 is 1.42. The van der Waals surface area contributed by atoms with Crippen molar-refractivity contribution in [1.82, 2.24) is 10.2 Å². The minimum absolute atomic E-state index is 0.242. The highest BCUT2D eigenvalue weighted by atomic mass is 32.2. The van der Waals surface area contributed by atoms with E-state index < -0.39 is 0 Å². The average molecular weight is 316 g/mol. The number of nitrogens with zero attached hydrogens (tertiary/aromatic N) is 2. The molecule has 3 aromatic rings. The molecule has 3 rings (SSSR count). The van der Waals surface area contributed by atoms with Gasteiger partial charge in [0.1, 0.15) is 11.6 Å². The molecule has 0 N–H and O–H groups in total. The molecule has 0 bridgehead atoms. The third-order valence-corrected chi connectivity index (χ3v) is 3.91. The van der Waals surface area contributed by atoms with Crippen molar-refractivity contribution >= 4 is 11.8 Å². The van der Waals surface area contributed by atoms with E-state index in [1.54, 1.807) is 19.2 Å². The minimum Gasteiger partial charge on any atom is -0.497 e. The standard InChI is InChI=1S/C16H13FN2O2S/c1-20-14-8-4-12(5-9-14)15-18-19-16(21-15)22-10-11-2-6-13(17)7-3-11/h2-9H,10H2,1H3. The first-order valence-corrected chi connectivity index (χ1v) is 7.58. The zero-order valence-electron chi connectivity index (χ0n) is 11.8. The molecular formula is C16H13FN2O2S. The number of hydrogen-bond acceptors (Lipinski definition) is 5. The average Bonchev–Trinajstić information content (AvgIpc) is 3.03. The van der Waals surface area contributed by atoms with Crippen molar-refractivity contribution in [2.75, 3.05) is 7.11 Å². The van der Waals surface area contributed by atoms with Crippen LogP contribution in [0.2, 0.25) is 0 Å². The van der Waals surface area contributed by atoms with E-state index in [4.69, 9.17) is 9.15 Å². The summed E-state index contributed by atoms with van der Waals surface area (Å²) in [7, 11) is 1.62. The summed E-state index contributed by atoms with van der Waals surface area (Å²) < 4.78 is 23.6. The van der Waals surface area contributed by atoms with E-state index in [0.717, 1.165) is 16.9 Å². The Bertz CT molecular complexity index is 742. The Morgan fingerprint density at radius 2 is 1.77 bits per heavy atom. The van der Waals surface area contributed by atoms with Gasteiger partial charge in [0, 0.05) is 11.3 Å². The maximum atomic E-state index is 12.8. The second-order valence-electron chi connectivity index (χ2n) is 4.52. The summed E-state index contributed by atoms with van der Waals surface area (Å²) in [4.78, 5) is 0.